The Balaban J connectivity index is 1.29. The van der Waals surface area contributed by atoms with Gasteiger partial charge in [-0.2, -0.15) is 0 Å². The molecule has 0 radical (unpaired) electrons. The normalized spacial score (nSPS) is 16.7. The van der Waals surface area contributed by atoms with Crippen molar-refractivity contribution in [2.75, 3.05) is 23.0 Å². The molecule has 2 saturated heterocycles. The van der Waals surface area contributed by atoms with Crippen molar-refractivity contribution >= 4 is 35.0 Å². The molecule has 2 aromatic rings. The molecule has 0 unspecified atom stereocenters. The minimum Gasteiger partial charge on any atom is -0.493 e. The second-order valence-corrected chi connectivity index (χ2v) is 8.98. The fourth-order valence-corrected chi connectivity index (χ4v) is 3.71. The molecule has 0 spiro atoms. The van der Waals surface area contributed by atoms with Crippen molar-refractivity contribution in [2.24, 2.45) is 5.41 Å². The number of nitrogens with zero attached hydrogens (tertiary/aromatic N) is 2. The Morgan fingerprint density at radius 1 is 0.606 bits per heavy atom. The quantitative estimate of drug-likeness (QED) is 0.572. The Morgan fingerprint density at radius 3 is 1.21 bits per heavy atom. The highest BCUT2D eigenvalue weighted by Gasteiger charge is 2.31. The third-order valence-corrected chi connectivity index (χ3v) is 5.55. The maximum atomic E-state index is 11.9. The standard InChI is InChI=1S/C25H26N2O6/c1-25(2,15-32-19-7-3-17(4-8-19)26-21(28)11-12-22(26)29)16-33-20-9-5-18(6-10-20)27-23(30)13-14-24(27)31/h3-10H,11-16H2,1-2H3. The minimum atomic E-state index is -0.306. The van der Waals surface area contributed by atoms with Crippen LogP contribution in [0.3, 0.4) is 0 Å². The summed E-state index contributed by atoms with van der Waals surface area (Å²) in [5.74, 6) is 0.542. The van der Waals surface area contributed by atoms with Crippen molar-refractivity contribution in [3.05, 3.63) is 48.5 Å². The Morgan fingerprint density at radius 2 is 0.909 bits per heavy atom. The summed E-state index contributed by atoms with van der Waals surface area (Å²) in [4.78, 5) is 49.9. The topological polar surface area (TPSA) is 93.2 Å². The maximum Gasteiger partial charge on any atom is 0.234 e. The van der Waals surface area contributed by atoms with Crippen LogP contribution in [0.5, 0.6) is 11.5 Å². The van der Waals surface area contributed by atoms with Gasteiger partial charge < -0.3 is 9.47 Å². The Kier molecular flexibility index (Phi) is 6.18. The van der Waals surface area contributed by atoms with Crippen LogP contribution in [0, 0.1) is 5.41 Å². The van der Waals surface area contributed by atoms with Gasteiger partial charge in [0.15, 0.2) is 0 Å². The lowest BCUT2D eigenvalue weighted by Crippen LogP contribution is -2.29. The number of carbonyl (C=O) groups excluding carboxylic acids is 4. The summed E-state index contributed by atoms with van der Waals surface area (Å²) in [5, 5.41) is 0. The van der Waals surface area contributed by atoms with E-state index in [0.29, 0.717) is 36.1 Å². The molecule has 0 bridgehead atoms. The Bertz CT molecular complexity index is 958. The van der Waals surface area contributed by atoms with Crippen LogP contribution < -0.4 is 19.3 Å². The van der Waals surface area contributed by atoms with E-state index in [-0.39, 0.29) is 54.7 Å². The molecule has 4 rings (SSSR count). The van der Waals surface area contributed by atoms with E-state index < -0.39 is 0 Å². The second-order valence-electron chi connectivity index (χ2n) is 8.98. The summed E-state index contributed by atoms with van der Waals surface area (Å²) in [6.45, 7) is 4.81. The summed E-state index contributed by atoms with van der Waals surface area (Å²) in [5.41, 5.74) is 0.801. The third-order valence-electron chi connectivity index (χ3n) is 5.55. The number of amides is 4. The highest BCUT2D eigenvalue weighted by Crippen LogP contribution is 2.28. The van der Waals surface area contributed by atoms with Gasteiger partial charge >= 0.3 is 0 Å². The molecule has 0 atom stereocenters. The van der Waals surface area contributed by atoms with Gasteiger partial charge in [0, 0.05) is 31.1 Å². The van der Waals surface area contributed by atoms with Crippen LogP contribution in [0.25, 0.3) is 0 Å². The van der Waals surface area contributed by atoms with Crippen LogP contribution in [-0.4, -0.2) is 36.8 Å². The molecule has 0 saturated carbocycles. The van der Waals surface area contributed by atoms with Crippen molar-refractivity contribution in [3.8, 4) is 11.5 Å². The van der Waals surface area contributed by atoms with Gasteiger partial charge in [-0.3, -0.25) is 29.0 Å². The number of rotatable bonds is 8. The van der Waals surface area contributed by atoms with E-state index in [4.69, 9.17) is 9.47 Å². The average molecular weight is 450 g/mol. The largest absolute Gasteiger partial charge is 0.493 e. The zero-order valence-electron chi connectivity index (χ0n) is 18.7. The van der Waals surface area contributed by atoms with Crippen LogP contribution in [0.15, 0.2) is 48.5 Å². The van der Waals surface area contributed by atoms with Crippen molar-refractivity contribution in [2.45, 2.75) is 39.5 Å². The highest BCUT2D eigenvalue weighted by atomic mass is 16.5. The summed E-state index contributed by atoms with van der Waals surface area (Å²) >= 11 is 0. The first-order valence-electron chi connectivity index (χ1n) is 10.9. The Hall–Kier alpha value is -3.68. The predicted molar refractivity (Wildman–Crippen MR) is 121 cm³/mol. The van der Waals surface area contributed by atoms with Gasteiger partial charge in [0.25, 0.3) is 0 Å². The fourth-order valence-electron chi connectivity index (χ4n) is 3.71. The first-order valence-corrected chi connectivity index (χ1v) is 10.9. The molecule has 8 heteroatoms. The molecule has 0 aliphatic carbocycles. The predicted octanol–water partition coefficient (Wildman–Crippen LogP) is 3.48. The smallest absolute Gasteiger partial charge is 0.234 e. The van der Waals surface area contributed by atoms with Crippen LogP contribution >= 0.6 is 0 Å². The summed E-state index contributed by atoms with van der Waals surface area (Å²) in [6.07, 6.45) is 1.01. The van der Waals surface area contributed by atoms with Gasteiger partial charge in [-0.15, -0.1) is 0 Å². The van der Waals surface area contributed by atoms with Crippen molar-refractivity contribution in [1.29, 1.82) is 0 Å². The van der Waals surface area contributed by atoms with Crippen LogP contribution in [0.1, 0.15) is 39.5 Å². The van der Waals surface area contributed by atoms with Gasteiger partial charge in [-0.1, -0.05) is 13.8 Å². The van der Waals surface area contributed by atoms with E-state index in [0.717, 1.165) is 0 Å². The molecule has 0 N–H and O–H groups in total. The number of ether oxygens (including phenoxy) is 2. The van der Waals surface area contributed by atoms with E-state index in [9.17, 15) is 19.2 Å². The fraction of sp³-hybridized carbons (Fsp3) is 0.360. The van der Waals surface area contributed by atoms with E-state index in [1.54, 1.807) is 48.5 Å². The van der Waals surface area contributed by atoms with E-state index in [1.165, 1.54) is 9.80 Å². The van der Waals surface area contributed by atoms with E-state index >= 15 is 0 Å². The lowest BCUT2D eigenvalue weighted by Gasteiger charge is -2.25. The number of anilines is 2. The summed E-state index contributed by atoms with van der Waals surface area (Å²) < 4.78 is 11.8. The van der Waals surface area contributed by atoms with Crippen LogP contribution in [-0.2, 0) is 19.2 Å². The average Bonchev–Trinajstić information content (AvgIpc) is 3.32. The van der Waals surface area contributed by atoms with Gasteiger partial charge in [-0.25, -0.2) is 0 Å². The summed E-state index contributed by atoms with van der Waals surface area (Å²) in [6, 6.07) is 13.8. The minimum absolute atomic E-state index is 0.182. The molecule has 2 aliphatic heterocycles. The molecule has 33 heavy (non-hydrogen) atoms. The van der Waals surface area contributed by atoms with Crippen molar-refractivity contribution < 1.29 is 28.7 Å². The van der Waals surface area contributed by atoms with E-state index in [2.05, 4.69) is 0 Å². The monoisotopic (exact) mass is 450 g/mol. The second kappa shape index (κ2) is 9.05. The molecule has 2 aliphatic rings. The molecule has 0 aromatic heterocycles. The molecule has 2 aromatic carbocycles. The lowest BCUT2D eigenvalue weighted by molar-refractivity contribution is -0.122. The lowest BCUT2D eigenvalue weighted by atomic mass is 9.96. The number of carbonyl (C=O) groups is 4. The number of hydrogen-bond acceptors (Lipinski definition) is 6. The number of hydrogen-bond donors (Lipinski definition) is 0. The molecular weight excluding hydrogens is 424 g/mol. The number of benzene rings is 2. The first-order chi connectivity index (χ1) is 15.7. The van der Waals surface area contributed by atoms with Gasteiger partial charge in [0.1, 0.15) is 11.5 Å². The zero-order chi connectivity index (χ0) is 23.6. The van der Waals surface area contributed by atoms with E-state index in [1.807, 2.05) is 13.8 Å². The molecular formula is C25H26N2O6. The molecule has 8 nitrogen and oxygen atoms in total. The van der Waals surface area contributed by atoms with Crippen molar-refractivity contribution in [3.63, 3.8) is 0 Å². The van der Waals surface area contributed by atoms with Gasteiger partial charge in [0.05, 0.1) is 24.6 Å². The molecule has 4 amide bonds. The van der Waals surface area contributed by atoms with Gasteiger partial charge in [0.2, 0.25) is 23.6 Å². The first kappa shape index (κ1) is 22.5. The zero-order valence-corrected chi connectivity index (χ0v) is 18.7. The third kappa shape index (κ3) is 5.05. The van der Waals surface area contributed by atoms with Crippen LogP contribution in [0.4, 0.5) is 11.4 Å². The summed E-state index contributed by atoms with van der Waals surface area (Å²) in [7, 11) is 0. The van der Waals surface area contributed by atoms with Crippen LogP contribution in [0.2, 0.25) is 0 Å². The SMILES string of the molecule is CC(C)(COc1ccc(N2C(=O)CCC2=O)cc1)COc1ccc(N2C(=O)CCC2=O)cc1. The highest BCUT2D eigenvalue weighted by molar-refractivity contribution is 6.20. The molecule has 2 heterocycles. The van der Waals surface area contributed by atoms with Gasteiger partial charge in [-0.05, 0) is 48.5 Å². The Labute approximate surface area is 192 Å². The molecule has 2 fully saturated rings. The van der Waals surface area contributed by atoms with Crippen molar-refractivity contribution in [1.82, 2.24) is 0 Å². The molecule has 172 valence electrons. The number of imide groups is 2. The maximum absolute atomic E-state index is 11.9.